The maximum absolute atomic E-state index is 10.8. The summed E-state index contributed by atoms with van der Waals surface area (Å²) in [5, 5.41) is 37.7. The summed E-state index contributed by atoms with van der Waals surface area (Å²) in [4.78, 5) is 10.8. The Morgan fingerprint density at radius 2 is 1.83 bits per heavy atom. The SMILES string of the molecule is CCCC(=O)NC[C@@H](O)CO.Cl.N[C@@H](Cc1ccccc1)C(O)OCCOCO. The van der Waals surface area contributed by atoms with Gasteiger partial charge >= 0.3 is 0 Å². The number of ether oxygens (including phenoxy) is 2. The molecular weight excluding hydrogens is 404 g/mol. The van der Waals surface area contributed by atoms with Gasteiger partial charge in [0.2, 0.25) is 5.91 Å². The molecule has 0 heterocycles. The monoisotopic (exact) mass is 438 g/mol. The lowest BCUT2D eigenvalue weighted by Gasteiger charge is -2.19. The van der Waals surface area contributed by atoms with E-state index in [1.54, 1.807) is 0 Å². The zero-order valence-corrected chi connectivity index (χ0v) is 17.6. The maximum Gasteiger partial charge on any atom is 0.220 e. The predicted molar refractivity (Wildman–Crippen MR) is 111 cm³/mol. The Morgan fingerprint density at radius 1 is 1.17 bits per heavy atom. The Balaban J connectivity index is 0. The first kappa shape index (κ1) is 29.9. The largest absolute Gasteiger partial charge is 0.394 e. The van der Waals surface area contributed by atoms with Crippen molar-refractivity contribution in [2.24, 2.45) is 5.73 Å². The number of benzene rings is 1. The molecule has 0 radical (unpaired) electrons. The number of hydrogen-bond donors (Lipinski definition) is 6. The van der Waals surface area contributed by atoms with Gasteiger partial charge in [0.05, 0.1) is 32.0 Å². The first-order valence-electron chi connectivity index (χ1n) is 9.27. The van der Waals surface area contributed by atoms with Crippen LogP contribution in [0.2, 0.25) is 0 Å². The molecule has 0 aliphatic heterocycles. The molecular formula is C19H35ClN2O7. The molecule has 10 heteroatoms. The Hall–Kier alpha value is -1.30. The molecule has 0 bridgehead atoms. The van der Waals surface area contributed by atoms with E-state index in [0.29, 0.717) is 12.8 Å². The fourth-order valence-electron chi connectivity index (χ4n) is 2.01. The summed E-state index contributed by atoms with van der Waals surface area (Å²) in [5.41, 5.74) is 6.85. The minimum absolute atomic E-state index is 0. The van der Waals surface area contributed by atoms with Crippen LogP contribution >= 0.6 is 12.4 Å². The molecule has 1 amide bonds. The molecule has 0 saturated heterocycles. The molecule has 170 valence electrons. The van der Waals surface area contributed by atoms with Crippen molar-refractivity contribution in [1.29, 1.82) is 0 Å². The topological polar surface area (TPSA) is 154 Å². The minimum Gasteiger partial charge on any atom is -0.394 e. The molecule has 1 unspecified atom stereocenters. The van der Waals surface area contributed by atoms with Crippen molar-refractivity contribution < 1.29 is 34.7 Å². The van der Waals surface area contributed by atoms with Gasteiger partial charge in [-0.15, -0.1) is 12.4 Å². The fourth-order valence-corrected chi connectivity index (χ4v) is 2.01. The summed E-state index contributed by atoms with van der Waals surface area (Å²) >= 11 is 0. The van der Waals surface area contributed by atoms with Crippen LogP contribution in [-0.2, 0) is 20.7 Å². The average molecular weight is 439 g/mol. The number of aliphatic hydroxyl groups excluding tert-OH is 4. The minimum atomic E-state index is -1.03. The van der Waals surface area contributed by atoms with Crippen molar-refractivity contribution >= 4 is 18.3 Å². The molecule has 1 rings (SSSR count). The second-order valence-electron chi connectivity index (χ2n) is 6.04. The first-order chi connectivity index (χ1) is 13.4. The van der Waals surface area contributed by atoms with Crippen LogP contribution in [-0.4, -0.2) is 77.9 Å². The third kappa shape index (κ3) is 17.3. The van der Waals surface area contributed by atoms with Gasteiger partial charge in [0.25, 0.3) is 0 Å². The fraction of sp³-hybridized carbons (Fsp3) is 0.632. The van der Waals surface area contributed by atoms with Gasteiger partial charge in [-0.2, -0.15) is 0 Å². The zero-order chi connectivity index (χ0) is 21.2. The van der Waals surface area contributed by atoms with Gasteiger partial charge in [0, 0.05) is 13.0 Å². The molecule has 29 heavy (non-hydrogen) atoms. The third-order valence-corrected chi connectivity index (χ3v) is 3.51. The molecule has 1 aromatic rings. The molecule has 0 aliphatic carbocycles. The molecule has 9 nitrogen and oxygen atoms in total. The van der Waals surface area contributed by atoms with Crippen LogP contribution < -0.4 is 11.1 Å². The number of carbonyl (C=O) groups is 1. The second kappa shape index (κ2) is 20.0. The van der Waals surface area contributed by atoms with E-state index in [0.717, 1.165) is 12.0 Å². The number of halogens is 1. The van der Waals surface area contributed by atoms with Gasteiger partial charge in [-0.3, -0.25) is 4.79 Å². The lowest BCUT2D eigenvalue weighted by molar-refractivity contribution is -0.132. The number of rotatable bonds is 13. The van der Waals surface area contributed by atoms with Gasteiger partial charge in [-0.25, -0.2) is 0 Å². The lowest BCUT2D eigenvalue weighted by atomic mass is 10.1. The van der Waals surface area contributed by atoms with Crippen molar-refractivity contribution in [2.75, 3.05) is 33.2 Å². The molecule has 7 N–H and O–H groups in total. The van der Waals surface area contributed by atoms with Crippen LogP contribution in [0.5, 0.6) is 0 Å². The standard InChI is InChI=1S/C12H19NO4.C7H15NO3.ClH/c13-11(8-10-4-2-1-3-5-10)12(15)17-7-6-16-9-14;1-2-3-7(11)8-4-6(10)5-9;/h1-5,11-12,14-15H,6-9,13H2;6,9-10H,2-5H2,1H3,(H,8,11);1H/t11-,12?;6-;/m01./s1. The number of nitrogens with two attached hydrogens (primary N) is 1. The summed E-state index contributed by atoms with van der Waals surface area (Å²) in [6, 6.07) is 9.18. The molecule has 0 spiro atoms. The van der Waals surface area contributed by atoms with Crippen molar-refractivity contribution in [2.45, 2.75) is 44.6 Å². The molecule has 0 aliphatic rings. The molecule has 0 saturated carbocycles. The molecule has 0 aromatic heterocycles. The highest BCUT2D eigenvalue weighted by Gasteiger charge is 2.15. The molecule has 3 atom stereocenters. The highest BCUT2D eigenvalue weighted by Crippen LogP contribution is 2.05. The summed E-state index contributed by atoms with van der Waals surface area (Å²) in [5.74, 6) is -0.0833. The van der Waals surface area contributed by atoms with Crippen LogP contribution in [0.25, 0.3) is 0 Å². The van der Waals surface area contributed by atoms with E-state index in [9.17, 15) is 9.90 Å². The van der Waals surface area contributed by atoms with Gasteiger partial charge < -0.3 is 41.0 Å². The van der Waals surface area contributed by atoms with Crippen molar-refractivity contribution in [3.05, 3.63) is 35.9 Å². The number of nitrogens with one attached hydrogen (secondary N) is 1. The van der Waals surface area contributed by atoms with Gasteiger partial charge in [-0.1, -0.05) is 37.3 Å². The van der Waals surface area contributed by atoms with E-state index in [1.165, 1.54) is 0 Å². The summed E-state index contributed by atoms with van der Waals surface area (Å²) in [6.45, 7) is 1.80. The van der Waals surface area contributed by atoms with E-state index in [2.05, 4.69) is 10.1 Å². The van der Waals surface area contributed by atoms with E-state index in [-0.39, 0.29) is 51.5 Å². The Kier molecular flexibility index (Phi) is 20.6. The first-order valence-corrected chi connectivity index (χ1v) is 9.27. The highest BCUT2D eigenvalue weighted by atomic mass is 35.5. The van der Waals surface area contributed by atoms with E-state index >= 15 is 0 Å². The van der Waals surface area contributed by atoms with E-state index < -0.39 is 18.4 Å². The number of carbonyl (C=O) groups excluding carboxylic acids is 1. The van der Waals surface area contributed by atoms with Crippen molar-refractivity contribution in [3.8, 4) is 0 Å². The second-order valence-corrected chi connectivity index (χ2v) is 6.04. The van der Waals surface area contributed by atoms with Gasteiger partial charge in [-0.05, 0) is 18.4 Å². The van der Waals surface area contributed by atoms with Gasteiger partial charge in [0.1, 0.15) is 6.79 Å². The van der Waals surface area contributed by atoms with E-state index in [1.807, 2.05) is 37.3 Å². The summed E-state index contributed by atoms with van der Waals surface area (Å²) in [6.07, 6.45) is -0.0597. The average Bonchev–Trinajstić information content (AvgIpc) is 2.70. The van der Waals surface area contributed by atoms with Crippen molar-refractivity contribution in [3.63, 3.8) is 0 Å². The Morgan fingerprint density at radius 3 is 2.38 bits per heavy atom. The highest BCUT2D eigenvalue weighted by molar-refractivity contribution is 5.85. The van der Waals surface area contributed by atoms with Crippen molar-refractivity contribution in [1.82, 2.24) is 5.32 Å². The number of amides is 1. The van der Waals surface area contributed by atoms with Crippen LogP contribution in [0, 0.1) is 0 Å². The molecule has 0 fully saturated rings. The summed E-state index contributed by atoms with van der Waals surface area (Å²) < 4.78 is 9.73. The van der Waals surface area contributed by atoms with Crippen LogP contribution in [0.15, 0.2) is 30.3 Å². The third-order valence-electron chi connectivity index (χ3n) is 3.51. The summed E-state index contributed by atoms with van der Waals surface area (Å²) in [7, 11) is 0. The predicted octanol–water partition coefficient (Wildman–Crippen LogP) is -0.464. The smallest absolute Gasteiger partial charge is 0.220 e. The maximum atomic E-state index is 10.8. The van der Waals surface area contributed by atoms with E-state index in [4.69, 9.17) is 25.8 Å². The van der Waals surface area contributed by atoms with Gasteiger partial charge in [0.15, 0.2) is 6.29 Å². The lowest BCUT2D eigenvalue weighted by Crippen LogP contribution is -2.39. The molecule has 1 aromatic carbocycles. The van der Waals surface area contributed by atoms with Crippen LogP contribution in [0.4, 0.5) is 0 Å². The van der Waals surface area contributed by atoms with Crippen LogP contribution in [0.3, 0.4) is 0 Å². The quantitative estimate of drug-likeness (QED) is 0.178. The van der Waals surface area contributed by atoms with Crippen LogP contribution in [0.1, 0.15) is 25.3 Å². The number of aliphatic hydroxyl groups is 4. The Bertz CT molecular complexity index is 497. The zero-order valence-electron chi connectivity index (χ0n) is 16.8. The Labute approximate surface area is 178 Å². The number of hydrogen-bond acceptors (Lipinski definition) is 8. The normalized spacial score (nSPS) is 13.3.